The summed E-state index contributed by atoms with van der Waals surface area (Å²) in [4.78, 5) is 13.7. The first kappa shape index (κ1) is 11.8. The van der Waals surface area contributed by atoms with E-state index in [0.29, 0.717) is 19.8 Å². The molecular weight excluding hydrogens is 226 g/mol. The smallest absolute Gasteiger partial charge is 0.304 e. The largest absolute Gasteiger partial charge is 0.379 e. The van der Waals surface area contributed by atoms with Crippen molar-refractivity contribution in [2.45, 2.75) is 19.5 Å². The molecule has 1 aliphatic heterocycles. The number of rotatable bonds is 4. The van der Waals surface area contributed by atoms with Crippen molar-refractivity contribution in [1.82, 2.24) is 10.3 Å². The van der Waals surface area contributed by atoms with Crippen LogP contribution in [-0.2, 0) is 11.3 Å². The number of ether oxygens (including phenoxy) is 1. The van der Waals surface area contributed by atoms with Crippen molar-refractivity contribution in [2.24, 2.45) is 11.1 Å². The Morgan fingerprint density at radius 2 is 2.62 bits per heavy atom. The first-order valence-corrected chi connectivity index (χ1v) is 6.19. The van der Waals surface area contributed by atoms with Gasteiger partial charge in [-0.3, -0.25) is 4.79 Å². The zero-order valence-electron chi connectivity index (χ0n) is 9.29. The van der Waals surface area contributed by atoms with Gasteiger partial charge in [-0.1, -0.05) is 18.3 Å². The van der Waals surface area contributed by atoms with Gasteiger partial charge in [0.25, 0.3) is 0 Å². The van der Waals surface area contributed by atoms with E-state index in [9.17, 15) is 4.79 Å². The minimum Gasteiger partial charge on any atom is -0.379 e. The average molecular weight is 243 g/mol. The average Bonchev–Trinajstić information content (AvgIpc) is 2.76. The van der Waals surface area contributed by atoms with Crippen LogP contribution in [0.4, 0.5) is 0 Å². The maximum Gasteiger partial charge on any atom is 0.304 e. The van der Waals surface area contributed by atoms with E-state index in [1.165, 1.54) is 11.3 Å². The van der Waals surface area contributed by atoms with Crippen molar-refractivity contribution in [2.75, 3.05) is 19.8 Å². The molecule has 0 saturated carbocycles. The van der Waals surface area contributed by atoms with Crippen LogP contribution >= 0.6 is 11.3 Å². The fourth-order valence-corrected chi connectivity index (χ4v) is 2.37. The van der Waals surface area contributed by atoms with E-state index in [4.69, 9.17) is 10.5 Å². The third-order valence-electron chi connectivity index (χ3n) is 3.04. The summed E-state index contributed by atoms with van der Waals surface area (Å²) < 4.78 is 5.36. The van der Waals surface area contributed by atoms with Gasteiger partial charge in [-0.25, -0.2) is 0 Å². The lowest BCUT2D eigenvalue weighted by Crippen LogP contribution is -2.45. The Morgan fingerprint density at radius 1 is 1.81 bits per heavy atom. The summed E-state index contributed by atoms with van der Waals surface area (Å²) in [5, 5.41) is 5.14. The zero-order valence-corrected chi connectivity index (χ0v) is 10.1. The maximum absolute atomic E-state index is 10.9. The van der Waals surface area contributed by atoms with Crippen molar-refractivity contribution in [1.29, 1.82) is 0 Å². The van der Waals surface area contributed by atoms with Gasteiger partial charge in [0.2, 0.25) is 0 Å². The maximum atomic E-state index is 10.9. The fraction of sp³-hybridized carbons (Fsp3) is 0.700. The van der Waals surface area contributed by atoms with Gasteiger partial charge < -0.3 is 20.8 Å². The highest BCUT2D eigenvalue weighted by atomic mass is 32.1. The molecule has 0 aliphatic carbocycles. The Bertz CT molecular complexity index is 403. The van der Waals surface area contributed by atoms with Crippen LogP contribution in [0.2, 0.25) is 0 Å². The molecule has 0 spiro atoms. The summed E-state index contributed by atoms with van der Waals surface area (Å²) in [6.07, 6.45) is 0. The highest BCUT2D eigenvalue weighted by Crippen LogP contribution is 2.25. The lowest BCUT2D eigenvalue weighted by molar-refractivity contribution is 0.158. The number of thiazole rings is 1. The van der Waals surface area contributed by atoms with E-state index < -0.39 is 0 Å². The van der Waals surface area contributed by atoms with Crippen molar-refractivity contribution in [3.8, 4) is 0 Å². The minimum atomic E-state index is -0.0103. The molecule has 1 aromatic heterocycles. The van der Waals surface area contributed by atoms with Gasteiger partial charge in [0.1, 0.15) is 0 Å². The van der Waals surface area contributed by atoms with Gasteiger partial charge in [-0.15, -0.1) is 0 Å². The van der Waals surface area contributed by atoms with Crippen LogP contribution in [0.5, 0.6) is 0 Å². The van der Waals surface area contributed by atoms with Crippen molar-refractivity contribution < 1.29 is 4.74 Å². The standard InChI is InChI=1S/C10H17N3O2S/c1-10(6-15-3-8(10)11)5-12-2-7-4-16-9(14)13-7/h4,8,12H,2-3,5-6,11H2,1H3,(H,13,14). The first-order valence-electron chi connectivity index (χ1n) is 5.31. The van der Waals surface area contributed by atoms with Gasteiger partial charge in [0.05, 0.1) is 13.2 Å². The first-order chi connectivity index (χ1) is 7.60. The lowest BCUT2D eigenvalue weighted by atomic mass is 9.86. The monoisotopic (exact) mass is 243 g/mol. The Balaban J connectivity index is 1.82. The van der Waals surface area contributed by atoms with Crippen LogP contribution in [0.25, 0.3) is 0 Å². The quantitative estimate of drug-likeness (QED) is 0.689. The number of nitrogens with two attached hydrogens (primary N) is 1. The minimum absolute atomic E-state index is 0.00365. The Morgan fingerprint density at radius 3 is 3.19 bits per heavy atom. The molecule has 6 heteroatoms. The molecule has 1 aliphatic rings. The summed E-state index contributed by atoms with van der Waals surface area (Å²) in [6, 6.07) is 0.0847. The second-order valence-corrected chi connectivity index (χ2v) is 5.39. The van der Waals surface area contributed by atoms with E-state index >= 15 is 0 Å². The summed E-state index contributed by atoms with van der Waals surface area (Å²) in [6.45, 7) is 4.91. The molecule has 0 amide bonds. The van der Waals surface area contributed by atoms with Gasteiger partial charge in [0.15, 0.2) is 0 Å². The van der Waals surface area contributed by atoms with Crippen LogP contribution in [0.3, 0.4) is 0 Å². The van der Waals surface area contributed by atoms with Crippen molar-refractivity contribution in [3.63, 3.8) is 0 Å². The number of aromatic amines is 1. The molecule has 2 rings (SSSR count). The van der Waals surface area contributed by atoms with E-state index in [-0.39, 0.29) is 16.3 Å². The lowest BCUT2D eigenvalue weighted by Gasteiger charge is -2.26. The van der Waals surface area contributed by atoms with Crippen molar-refractivity contribution in [3.05, 3.63) is 20.7 Å². The SMILES string of the molecule is CC1(CNCc2csc(=O)[nH]2)COCC1N. The van der Waals surface area contributed by atoms with Crippen LogP contribution < -0.4 is 15.9 Å². The molecule has 0 radical (unpaired) electrons. The van der Waals surface area contributed by atoms with E-state index in [1.807, 2.05) is 5.38 Å². The molecular formula is C10H17N3O2S. The van der Waals surface area contributed by atoms with E-state index in [1.54, 1.807) is 0 Å². The topological polar surface area (TPSA) is 80.1 Å². The Kier molecular flexibility index (Phi) is 3.44. The molecule has 2 atom stereocenters. The third-order valence-corrected chi connectivity index (χ3v) is 3.76. The Labute approximate surface area is 98.0 Å². The Hall–Kier alpha value is -0.690. The molecule has 0 bridgehead atoms. The molecule has 1 fully saturated rings. The van der Waals surface area contributed by atoms with Gasteiger partial charge in [-0.05, 0) is 0 Å². The van der Waals surface area contributed by atoms with Gasteiger partial charge in [-0.2, -0.15) is 0 Å². The van der Waals surface area contributed by atoms with E-state index in [2.05, 4.69) is 17.2 Å². The third kappa shape index (κ3) is 2.52. The zero-order chi connectivity index (χ0) is 11.6. The highest BCUT2D eigenvalue weighted by molar-refractivity contribution is 7.07. The molecule has 1 aromatic rings. The van der Waals surface area contributed by atoms with Crippen LogP contribution in [-0.4, -0.2) is 30.8 Å². The predicted molar refractivity (Wildman–Crippen MR) is 63.5 cm³/mol. The molecule has 2 unspecified atom stereocenters. The molecule has 2 heterocycles. The molecule has 0 aromatic carbocycles. The summed E-state index contributed by atoms with van der Waals surface area (Å²) >= 11 is 1.19. The van der Waals surface area contributed by atoms with E-state index in [0.717, 1.165) is 12.2 Å². The number of nitrogens with one attached hydrogen (secondary N) is 2. The molecule has 5 nitrogen and oxygen atoms in total. The number of H-pyrrole nitrogens is 1. The fourth-order valence-electron chi connectivity index (χ4n) is 1.79. The van der Waals surface area contributed by atoms with Crippen LogP contribution in [0.15, 0.2) is 10.2 Å². The summed E-state index contributed by atoms with van der Waals surface area (Å²) in [7, 11) is 0. The van der Waals surface area contributed by atoms with Crippen LogP contribution in [0, 0.1) is 5.41 Å². The normalized spacial score (nSPS) is 29.8. The highest BCUT2D eigenvalue weighted by Gasteiger charge is 2.37. The molecule has 4 N–H and O–H groups in total. The summed E-state index contributed by atoms with van der Waals surface area (Å²) in [5.41, 5.74) is 6.89. The number of hydrogen-bond donors (Lipinski definition) is 3. The molecule has 90 valence electrons. The van der Waals surface area contributed by atoms with Crippen molar-refractivity contribution >= 4 is 11.3 Å². The molecule has 1 saturated heterocycles. The predicted octanol–water partition coefficient (Wildman–Crippen LogP) is -0.110. The van der Waals surface area contributed by atoms with Crippen LogP contribution in [0.1, 0.15) is 12.6 Å². The van der Waals surface area contributed by atoms with Gasteiger partial charge >= 0.3 is 4.87 Å². The number of hydrogen-bond acceptors (Lipinski definition) is 5. The van der Waals surface area contributed by atoms with Gasteiger partial charge in [0, 0.05) is 35.6 Å². The number of aromatic nitrogens is 1. The second-order valence-electron chi connectivity index (χ2n) is 4.55. The summed E-state index contributed by atoms with van der Waals surface area (Å²) in [5.74, 6) is 0. The second kappa shape index (κ2) is 4.67. The molecule has 16 heavy (non-hydrogen) atoms.